The Morgan fingerprint density at radius 3 is 2.26 bits per heavy atom. The molecule has 0 unspecified atom stereocenters. The summed E-state index contributed by atoms with van der Waals surface area (Å²) in [5, 5.41) is 4.50. The zero-order chi connectivity index (χ0) is 29.5. The number of anilines is 1. The predicted octanol–water partition coefficient (Wildman–Crippen LogP) is 8.09. The van der Waals surface area contributed by atoms with Gasteiger partial charge in [0.1, 0.15) is 11.4 Å². The molecule has 1 amide bonds. The first-order valence-corrected chi connectivity index (χ1v) is 16.3. The fourth-order valence-corrected chi connectivity index (χ4v) is 8.81. The summed E-state index contributed by atoms with van der Waals surface area (Å²) in [6.45, 7) is 5.54. The number of halogens is 1. The molecule has 0 radical (unpaired) electrons. The maximum absolute atomic E-state index is 14.4. The van der Waals surface area contributed by atoms with Crippen molar-refractivity contribution in [2.75, 3.05) is 18.1 Å². The number of aromatic nitrogens is 2. The van der Waals surface area contributed by atoms with Gasteiger partial charge in [-0.2, -0.15) is 4.98 Å². The Morgan fingerprint density at radius 1 is 0.930 bits per heavy atom. The molecule has 1 aromatic heterocycles. The normalized spacial score (nSPS) is 32.9. The molecule has 3 aromatic rings. The van der Waals surface area contributed by atoms with Gasteiger partial charge in [-0.15, -0.1) is 0 Å². The Labute approximate surface area is 253 Å². The van der Waals surface area contributed by atoms with Gasteiger partial charge in [0, 0.05) is 29.5 Å². The van der Waals surface area contributed by atoms with Gasteiger partial charge in [-0.25, -0.2) is 4.39 Å². The summed E-state index contributed by atoms with van der Waals surface area (Å²) in [5.74, 6) is 2.71. The number of hydrogen-bond acceptors (Lipinski definition) is 5. The van der Waals surface area contributed by atoms with Crippen LogP contribution in [0.15, 0.2) is 53.1 Å². The first-order valence-electron chi connectivity index (χ1n) is 16.3. The van der Waals surface area contributed by atoms with Crippen LogP contribution in [0.5, 0.6) is 5.75 Å². The number of alkyl halides is 1. The molecule has 7 aliphatic carbocycles. The van der Waals surface area contributed by atoms with Crippen LogP contribution < -0.4 is 9.64 Å². The molecule has 0 saturated heterocycles. The minimum Gasteiger partial charge on any atom is -0.494 e. The quantitative estimate of drug-likeness (QED) is 0.241. The van der Waals surface area contributed by atoms with Gasteiger partial charge in [-0.3, -0.25) is 4.79 Å². The highest BCUT2D eigenvalue weighted by atomic mass is 19.1. The highest BCUT2D eigenvalue weighted by molar-refractivity contribution is 5.95. The molecule has 10 rings (SSSR count). The second-order valence-electron chi connectivity index (χ2n) is 15.1. The van der Waals surface area contributed by atoms with Crippen LogP contribution in [-0.4, -0.2) is 34.9 Å². The minimum absolute atomic E-state index is 0.00155. The van der Waals surface area contributed by atoms with Gasteiger partial charge >= 0.3 is 0 Å². The van der Waals surface area contributed by atoms with E-state index in [1.54, 1.807) is 0 Å². The van der Waals surface area contributed by atoms with Crippen molar-refractivity contribution in [3.63, 3.8) is 0 Å². The summed E-state index contributed by atoms with van der Waals surface area (Å²) in [6.07, 6.45) is 10.6. The molecule has 2 aromatic carbocycles. The third kappa shape index (κ3) is 4.60. The predicted molar refractivity (Wildman–Crippen MR) is 163 cm³/mol. The number of hydrogen-bond donors (Lipinski definition) is 0. The van der Waals surface area contributed by atoms with E-state index >= 15 is 0 Å². The monoisotopic (exact) mass is 583 g/mol. The molecule has 0 atom stereocenters. The van der Waals surface area contributed by atoms with E-state index in [1.165, 1.54) is 0 Å². The Balaban J connectivity index is 1.04. The van der Waals surface area contributed by atoms with Crippen LogP contribution in [0, 0.1) is 10.8 Å². The molecule has 7 heteroatoms. The maximum Gasteiger partial charge on any atom is 0.232 e. The average molecular weight is 584 g/mol. The molecule has 0 spiro atoms. The van der Waals surface area contributed by atoms with Crippen LogP contribution in [0.3, 0.4) is 0 Å². The highest BCUT2D eigenvalue weighted by Crippen LogP contribution is 2.71. The lowest BCUT2D eigenvalue weighted by Crippen LogP contribution is -2.65. The Hall–Kier alpha value is -3.22. The van der Waals surface area contributed by atoms with Gasteiger partial charge in [0.15, 0.2) is 5.82 Å². The van der Waals surface area contributed by atoms with Crippen molar-refractivity contribution in [2.24, 2.45) is 10.8 Å². The molecule has 4 bridgehead atoms. The standard InChI is InChI=1S/C36H42FN3O3/c1-3-42-28-9-7-25(8-10-28)26-5-4-6-27(19-26)40(29(41)20-34-21-36(37,22-34)23-34)24-33-13-16-35(17-14-33,18-15-33)30-38-31(43-39-30)32(2)11-12-32/h4-10,19H,3,11-18,20-24H2,1-2H3. The van der Waals surface area contributed by atoms with E-state index in [-0.39, 0.29) is 27.6 Å². The van der Waals surface area contributed by atoms with E-state index < -0.39 is 5.67 Å². The molecule has 7 saturated carbocycles. The number of nitrogens with zero attached hydrogens (tertiary/aromatic N) is 3. The van der Waals surface area contributed by atoms with Crippen molar-refractivity contribution in [1.82, 2.24) is 10.1 Å². The van der Waals surface area contributed by atoms with Gasteiger partial charge in [-0.1, -0.05) is 36.3 Å². The molecule has 226 valence electrons. The summed E-state index contributed by atoms with van der Waals surface area (Å²) < 4.78 is 25.8. The highest BCUT2D eigenvalue weighted by Gasteiger charge is 2.69. The molecule has 43 heavy (non-hydrogen) atoms. The molecule has 1 heterocycles. The smallest absolute Gasteiger partial charge is 0.232 e. The fourth-order valence-electron chi connectivity index (χ4n) is 8.81. The van der Waals surface area contributed by atoms with Crippen molar-refractivity contribution in [2.45, 2.75) is 107 Å². The van der Waals surface area contributed by atoms with Crippen LogP contribution in [0.1, 0.15) is 103 Å². The van der Waals surface area contributed by atoms with Crippen molar-refractivity contribution in [3.8, 4) is 16.9 Å². The second-order valence-corrected chi connectivity index (χ2v) is 15.1. The van der Waals surface area contributed by atoms with E-state index in [0.717, 1.165) is 85.6 Å². The molecular formula is C36H42FN3O3. The number of carbonyl (C=O) groups excluding carboxylic acids is 1. The van der Waals surface area contributed by atoms with Crippen LogP contribution in [0.2, 0.25) is 0 Å². The van der Waals surface area contributed by atoms with E-state index in [2.05, 4.69) is 53.4 Å². The maximum atomic E-state index is 14.4. The third-order valence-electron chi connectivity index (χ3n) is 11.9. The van der Waals surface area contributed by atoms with E-state index in [0.29, 0.717) is 38.8 Å². The molecule has 0 N–H and O–H groups in total. The number of rotatable bonds is 10. The summed E-state index contributed by atoms with van der Waals surface area (Å²) in [5.41, 5.74) is 2.13. The SMILES string of the molecule is CCOc1ccc(-c2cccc(N(CC34CCC(c5noc(C6(C)CC6)n5)(CC3)CC4)C(=O)CC34CC(F)(C3)C4)c2)cc1. The van der Waals surface area contributed by atoms with Crippen molar-refractivity contribution in [3.05, 3.63) is 60.2 Å². The van der Waals surface area contributed by atoms with Gasteiger partial charge in [-0.05, 0) is 124 Å². The fraction of sp³-hybridized carbons (Fsp3) is 0.583. The van der Waals surface area contributed by atoms with Gasteiger partial charge < -0.3 is 14.2 Å². The Bertz CT molecular complexity index is 1510. The van der Waals surface area contributed by atoms with Crippen LogP contribution in [-0.2, 0) is 15.6 Å². The number of benzene rings is 2. The van der Waals surface area contributed by atoms with E-state index in [4.69, 9.17) is 14.2 Å². The van der Waals surface area contributed by atoms with Crippen molar-refractivity contribution >= 4 is 11.6 Å². The largest absolute Gasteiger partial charge is 0.494 e. The lowest BCUT2D eigenvalue weighted by Gasteiger charge is -2.66. The van der Waals surface area contributed by atoms with E-state index in [1.807, 2.05) is 19.1 Å². The van der Waals surface area contributed by atoms with Crippen LogP contribution in [0.4, 0.5) is 10.1 Å². The molecular weight excluding hydrogens is 541 g/mol. The van der Waals surface area contributed by atoms with Gasteiger partial charge in [0.25, 0.3) is 0 Å². The Kier molecular flexibility index (Phi) is 5.97. The molecule has 0 aliphatic heterocycles. The molecule has 6 nitrogen and oxygen atoms in total. The first kappa shape index (κ1) is 27.3. The number of fused-ring (bicyclic) bond motifs is 3. The number of carbonyl (C=O) groups is 1. The first-order chi connectivity index (χ1) is 20.6. The summed E-state index contributed by atoms with van der Waals surface area (Å²) in [4.78, 5) is 21.1. The molecule has 7 fully saturated rings. The van der Waals surface area contributed by atoms with Gasteiger partial charge in [0.05, 0.1) is 6.61 Å². The van der Waals surface area contributed by atoms with E-state index in [9.17, 15) is 9.18 Å². The van der Waals surface area contributed by atoms with Gasteiger partial charge in [0.2, 0.25) is 11.8 Å². The Morgan fingerprint density at radius 2 is 1.63 bits per heavy atom. The minimum atomic E-state index is -1.00. The zero-order valence-corrected chi connectivity index (χ0v) is 25.5. The van der Waals surface area contributed by atoms with Crippen molar-refractivity contribution in [1.29, 1.82) is 0 Å². The summed E-state index contributed by atoms with van der Waals surface area (Å²) in [6, 6.07) is 16.5. The van der Waals surface area contributed by atoms with Crippen molar-refractivity contribution < 1.29 is 18.4 Å². The third-order valence-corrected chi connectivity index (χ3v) is 11.9. The molecule has 7 aliphatic rings. The number of amides is 1. The zero-order valence-electron chi connectivity index (χ0n) is 25.5. The summed E-state index contributed by atoms with van der Waals surface area (Å²) >= 11 is 0. The average Bonchev–Trinajstić information content (AvgIpc) is 3.53. The topological polar surface area (TPSA) is 68.5 Å². The number of ether oxygens (including phenoxy) is 1. The van der Waals surface area contributed by atoms with Crippen LogP contribution in [0.25, 0.3) is 11.1 Å². The second kappa shape index (κ2) is 9.39. The summed E-state index contributed by atoms with van der Waals surface area (Å²) in [7, 11) is 0. The van der Waals surface area contributed by atoms with Crippen LogP contribution >= 0.6 is 0 Å². The lowest BCUT2D eigenvalue weighted by atomic mass is 9.41. The lowest BCUT2D eigenvalue weighted by molar-refractivity contribution is -0.215.